The number of halogens is 1. The van der Waals surface area contributed by atoms with Crippen molar-refractivity contribution in [3.8, 4) is 5.75 Å². The Hall–Kier alpha value is -2.41. The van der Waals surface area contributed by atoms with Crippen LogP contribution < -0.4 is 4.74 Å². The van der Waals surface area contributed by atoms with Crippen LogP contribution in [0.4, 0.5) is 0 Å². The fourth-order valence-electron chi connectivity index (χ4n) is 4.69. The summed E-state index contributed by atoms with van der Waals surface area (Å²) in [5.41, 5.74) is 4.17. The molecule has 4 nitrogen and oxygen atoms in total. The van der Waals surface area contributed by atoms with Crippen molar-refractivity contribution in [2.24, 2.45) is 11.0 Å². The van der Waals surface area contributed by atoms with E-state index in [2.05, 4.69) is 35.0 Å². The number of rotatable bonds is 5. The molecule has 2 aliphatic rings. The predicted molar refractivity (Wildman–Crippen MR) is 137 cm³/mol. The molecule has 0 saturated heterocycles. The van der Waals surface area contributed by atoms with Gasteiger partial charge < -0.3 is 4.74 Å². The molecular weight excluding hydrogens is 472 g/mol. The molecule has 1 amide bonds. The van der Waals surface area contributed by atoms with Crippen LogP contribution in [0.25, 0.3) is 6.08 Å². The summed E-state index contributed by atoms with van der Waals surface area (Å²) in [6.45, 7) is 3.82. The maximum absolute atomic E-state index is 13.4. The molecule has 0 radical (unpaired) electrons. The first-order chi connectivity index (χ1) is 16.0. The highest BCUT2D eigenvalue weighted by Crippen LogP contribution is 2.45. The van der Waals surface area contributed by atoms with E-state index in [-0.39, 0.29) is 24.5 Å². The monoisotopic (exact) mass is 496 g/mol. The average molecular weight is 497 g/mol. The summed E-state index contributed by atoms with van der Waals surface area (Å²) < 4.78 is 5.90. The summed E-state index contributed by atoms with van der Waals surface area (Å²) in [7, 11) is 0. The number of hydrazone groups is 1. The minimum Gasteiger partial charge on any atom is -0.484 e. The Balaban J connectivity index is 1.42. The highest BCUT2D eigenvalue weighted by molar-refractivity contribution is 7.11. The molecule has 0 bridgehead atoms. The van der Waals surface area contributed by atoms with E-state index in [9.17, 15) is 4.79 Å². The quantitative estimate of drug-likeness (QED) is 0.372. The molecule has 2 aromatic heterocycles. The van der Waals surface area contributed by atoms with Gasteiger partial charge in [0.15, 0.2) is 6.61 Å². The number of aryl methyl sites for hydroxylation is 2. The normalized spacial score (nSPS) is 21.2. The molecule has 1 saturated carbocycles. The summed E-state index contributed by atoms with van der Waals surface area (Å²) in [4.78, 5) is 15.8. The molecule has 1 aliphatic heterocycles. The van der Waals surface area contributed by atoms with Crippen molar-refractivity contribution in [3.63, 3.8) is 0 Å². The van der Waals surface area contributed by atoms with Gasteiger partial charge in [0.2, 0.25) is 0 Å². The van der Waals surface area contributed by atoms with Crippen molar-refractivity contribution in [1.29, 1.82) is 0 Å². The minimum atomic E-state index is -0.129. The Morgan fingerprint density at radius 3 is 2.67 bits per heavy atom. The maximum Gasteiger partial charge on any atom is 0.281 e. The van der Waals surface area contributed by atoms with Gasteiger partial charge >= 0.3 is 0 Å². The lowest BCUT2D eigenvalue weighted by Crippen LogP contribution is -2.34. The van der Waals surface area contributed by atoms with E-state index in [4.69, 9.17) is 21.4 Å². The van der Waals surface area contributed by atoms with Crippen molar-refractivity contribution in [3.05, 3.63) is 78.6 Å². The molecule has 170 valence electrons. The number of benzene rings is 1. The van der Waals surface area contributed by atoms with Gasteiger partial charge in [-0.25, -0.2) is 5.01 Å². The average Bonchev–Trinajstić information content (AvgIpc) is 3.56. The van der Waals surface area contributed by atoms with E-state index < -0.39 is 0 Å². The first-order valence-corrected chi connectivity index (χ1v) is 13.2. The highest BCUT2D eigenvalue weighted by atomic mass is 35.5. The van der Waals surface area contributed by atoms with Gasteiger partial charge in [-0.15, -0.1) is 22.7 Å². The molecular formula is C26H25ClN2O2S2. The second-order valence-corrected chi connectivity index (χ2v) is 10.9. The molecule has 3 heterocycles. The van der Waals surface area contributed by atoms with Crippen LogP contribution in [0.2, 0.25) is 5.02 Å². The smallest absolute Gasteiger partial charge is 0.281 e. The number of hydrogen-bond acceptors (Lipinski definition) is 5. The Morgan fingerprint density at radius 2 is 1.97 bits per heavy atom. The molecule has 1 aliphatic carbocycles. The van der Waals surface area contributed by atoms with Crippen molar-refractivity contribution < 1.29 is 9.53 Å². The van der Waals surface area contributed by atoms with E-state index in [1.54, 1.807) is 27.7 Å². The van der Waals surface area contributed by atoms with Crippen LogP contribution in [0.15, 0.2) is 57.8 Å². The SMILES string of the molecule is Cc1cc(OCC(=O)N2N=C3/C(=C/c4cccs4)CCC[C@H]3[C@H]2c2cccs2)cc(C)c1Cl. The van der Waals surface area contributed by atoms with Gasteiger partial charge in [-0.1, -0.05) is 23.7 Å². The second kappa shape index (κ2) is 9.45. The van der Waals surface area contributed by atoms with Gasteiger partial charge in [-0.2, -0.15) is 5.10 Å². The summed E-state index contributed by atoms with van der Waals surface area (Å²) in [6.07, 6.45) is 5.37. The largest absolute Gasteiger partial charge is 0.484 e. The molecule has 2 atom stereocenters. The number of hydrogen-bond donors (Lipinski definition) is 0. The highest BCUT2D eigenvalue weighted by Gasteiger charge is 2.44. The molecule has 7 heteroatoms. The zero-order chi connectivity index (χ0) is 22.9. The topological polar surface area (TPSA) is 41.9 Å². The van der Waals surface area contributed by atoms with Crippen LogP contribution >= 0.6 is 34.3 Å². The lowest BCUT2D eigenvalue weighted by molar-refractivity contribution is -0.135. The Labute approximate surface area is 207 Å². The zero-order valence-electron chi connectivity index (χ0n) is 18.6. The summed E-state index contributed by atoms with van der Waals surface area (Å²) in [5.74, 6) is 0.738. The zero-order valence-corrected chi connectivity index (χ0v) is 21.0. The van der Waals surface area contributed by atoms with Crippen LogP contribution in [0.3, 0.4) is 0 Å². The summed E-state index contributed by atoms with van der Waals surface area (Å²) in [6, 6.07) is 12.0. The molecule has 0 unspecified atom stereocenters. The number of allylic oxidation sites excluding steroid dienone is 1. The number of ether oxygens (including phenoxy) is 1. The van der Waals surface area contributed by atoms with E-state index in [0.717, 1.165) is 41.1 Å². The Bertz CT molecular complexity index is 1190. The molecule has 0 N–H and O–H groups in total. The molecule has 33 heavy (non-hydrogen) atoms. The Morgan fingerprint density at radius 1 is 1.21 bits per heavy atom. The third kappa shape index (κ3) is 4.52. The van der Waals surface area contributed by atoms with E-state index in [1.165, 1.54) is 15.3 Å². The van der Waals surface area contributed by atoms with Gasteiger partial charge in [0.1, 0.15) is 5.75 Å². The van der Waals surface area contributed by atoms with E-state index in [1.807, 2.05) is 32.0 Å². The van der Waals surface area contributed by atoms with Crippen molar-refractivity contribution in [2.45, 2.75) is 39.2 Å². The number of thiophene rings is 2. The van der Waals surface area contributed by atoms with Gasteiger partial charge in [0.05, 0.1) is 11.8 Å². The molecule has 5 rings (SSSR count). The molecule has 0 spiro atoms. The fraction of sp³-hybridized carbons (Fsp3) is 0.308. The fourth-order valence-corrected chi connectivity index (χ4v) is 6.36. The first kappa shape index (κ1) is 22.4. The second-order valence-electron chi connectivity index (χ2n) is 8.53. The van der Waals surface area contributed by atoms with E-state index >= 15 is 0 Å². The third-order valence-corrected chi connectivity index (χ3v) is 8.58. The lowest BCUT2D eigenvalue weighted by Gasteiger charge is -2.28. The molecule has 3 aromatic rings. The number of nitrogens with zero attached hydrogens (tertiary/aromatic N) is 2. The number of carbonyl (C=O) groups excluding carboxylic acids is 1. The lowest BCUT2D eigenvalue weighted by atomic mass is 9.79. The molecule has 1 aromatic carbocycles. The van der Waals surface area contributed by atoms with Gasteiger partial charge in [0.25, 0.3) is 5.91 Å². The van der Waals surface area contributed by atoms with Crippen LogP contribution in [0, 0.1) is 19.8 Å². The van der Waals surface area contributed by atoms with Crippen molar-refractivity contribution in [1.82, 2.24) is 5.01 Å². The molecule has 1 fully saturated rings. The Kier molecular flexibility index (Phi) is 6.41. The first-order valence-electron chi connectivity index (χ1n) is 11.1. The van der Waals surface area contributed by atoms with Crippen molar-refractivity contribution >= 4 is 52.0 Å². The van der Waals surface area contributed by atoms with Gasteiger partial charge in [0, 0.05) is 20.7 Å². The third-order valence-electron chi connectivity index (χ3n) is 6.22. The maximum atomic E-state index is 13.4. The minimum absolute atomic E-state index is 0.0597. The number of amides is 1. The van der Waals surface area contributed by atoms with Crippen molar-refractivity contribution in [2.75, 3.05) is 6.61 Å². The van der Waals surface area contributed by atoms with Crippen LogP contribution in [0.1, 0.15) is 46.2 Å². The predicted octanol–water partition coefficient (Wildman–Crippen LogP) is 7.28. The summed E-state index contributed by atoms with van der Waals surface area (Å²) >= 11 is 9.68. The van der Waals surface area contributed by atoms with E-state index in [0.29, 0.717) is 5.75 Å². The van der Waals surface area contributed by atoms with Crippen LogP contribution in [-0.2, 0) is 4.79 Å². The van der Waals surface area contributed by atoms with Gasteiger partial charge in [-0.3, -0.25) is 4.79 Å². The van der Waals surface area contributed by atoms with Crippen LogP contribution in [0.5, 0.6) is 5.75 Å². The number of carbonyl (C=O) groups is 1. The number of fused-ring (bicyclic) bond motifs is 1. The summed E-state index contributed by atoms with van der Waals surface area (Å²) in [5, 5.41) is 11.5. The van der Waals surface area contributed by atoms with Gasteiger partial charge in [-0.05, 0) is 90.9 Å². The standard InChI is InChI=1S/C26H25ClN2O2S2/c1-16-12-19(13-17(2)24(16)27)31-15-23(30)29-26(22-9-5-11-33-22)21-8-3-6-18(25(21)28-29)14-20-7-4-10-32-20/h4-5,7,9-14,21,26H,3,6,8,15H2,1-2H3/b18-14+/t21-,26+/m1/s1. The van der Waals surface area contributed by atoms with Crippen LogP contribution in [-0.4, -0.2) is 23.2 Å².